The molecule has 0 atom stereocenters. The number of rotatable bonds is 5. The summed E-state index contributed by atoms with van der Waals surface area (Å²) in [6.45, 7) is 3.42. The van der Waals surface area contributed by atoms with Gasteiger partial charge < -0.3 is 19.9 Å². The maximum atomic E-state index is 5.47. The van der Waals surface area contributed by atoms with E-state index < -0.39 is 0 Å². The van der Waals surface area contributed by atoms with Crippen LogP contribution in [0.25, 0.3) is 22.3 Å². The highest BCUT2D eigenvalue weighted by atomic mass is 16.5. The highest BCUT2D eigenvalue weighted by Crippen LogP contribution is 2.24. The minimum atomic E-state index is 0.536. The number of fused-ring (bicyclic) bond motifs is 1. The van der Waals surface area contributed by atoms with Crippen LogP contribution in [0.15, 0.2) is 54.9 Å². The Kier molecular flexibility index (Phi) is 4.75. The zero-order chi connectivity index (χ0) is 19.5. The first-order valence-corrected chi connectivity index (χ1v) is 9.65. The lowest BCUT2D eigenvalue weighted by Gasteiger charge is -2.27. The van der Waals surface area contributed by atoms with E-state index in [-0.39, 0.29) is 0 Å². The summed E-state index contributed by atoms with van der Waals surface area (Å²) in [6, 6.07) is 14.1. The van der Waals surface area contributed by atoms with Gasteiger partial charge in [-0.15, -0.1) is 0 Å². The third-order valence-electron chi connectivity index (χ3n) is 4.88. The fourth-order valence-corrected chi connectivity index (χ4v) is 3.34. The Bertz CT molecular complexity index is 1110. The number of nitrogens with one attached hydrogen (secondary N) is 2. The Morgan fingerprint density at radius 3 is 2.83 bits per heavy atom. The Labute approximate surface area is 168 Å². The predicted octanol–water partition coefficient (Wildman–Crippen LogP) is 2.86. The highest BCUT2D eigenvalue weighted by Gasteiger charge is 2.17. The Morgan fingerprint density at radius 2 is 1.97 bits per heavy atom. The molecule has 146 valence electrons. The fraction of sp³-hybridized carbons (Fsp3) is 0.238. The summed E-state index contributed by atoms with van der Waals surface area (Å²) in [4.78, 5) is 23.8. The molecule has 0 saturated carbocycles. The van der Waals surface area contributed by atoms with E-state index in [0.29, 0.717) is 37.5 Å². The molecule has 0 spiro atoms. The summed E-state index contributed by atoms with van der Waals surface area (Å²) >= 11 is 0. The number of H-pyrrole nitrogens is 1. The van der Waals surface area contributed by atoms with Gasteiger partial charge in [0.05, 0.1) is 25.5 Å². The van der Waals surface area contributed by atoms with Gasteiger partial charge >= 0.3 is 0 Å². The molecule has 2 N–H and O–H groups in total. The van der Waals surface area contributed by atoms with Gasteiger partial charge in [0.2, 0.25) is 11.9 Å². The molecule has 1 aliphatic rings. The summed E-state index contributed by atoms with van der Waals surface area (Å²) in [5.74, 6) is 1.84. The number of hydrogen-bond donors (Lipinski definition) is 2. The molecule has 1 fully saturated rings. The van der Waals surface area contributed by atoms with Crippen LogP contribution >= 0.6 is 0 Å². The number of ether oxygens (including phenoxy) is 1. The third-order valence-corrected chi connectivity index (χ3v) is 4.88. The predicted molar refractivity (Wildman–Crippen MR) is 112 cm³/mol. The first kappa shape index (κ1) is 17.6. The van der Waals surface area contributed by atoms with Crippen LogP contribution in [0, 0.1) is 0 Å². The normalized spacial score (nSPS) is 14.3. The summed E-state index contributed by atoms with van der Waals surface area (Å²) in [7, 11) is 0. The van der Waals surface area contributed by atoms with E-state index in [4.69, 9.17) is 9.72 Å². The lowest BCUT2D eigenvalue weighted by molar-refractivity contribution is 0.122. The molecule has 4 aromatic rings. The quantitative estimate of drug-likeness (QED) is 0.544. The van der Waals surface area contributed by atoms with E-state index in [1.54, 1.807) is 6.20 Å². The van der Waals surface area contributed by atoms with Crippen LogP contribution in [0.1, 0.15) is 5.69 Å². The standard InChI is InChI=1S/C21H21N7O/c1-2-7-22-17(3-1)14-24-20-25-19(16-5-4-15-6-8-23-18(15)13-16)26-21(27-20)28-9-11-29-12-10-28/h1-8,13,23H,9-12,14H2,(H,24,25,26,27). The molecule has 3 aromatic heterocycles. The van der Waals surface area contributed by atoms with Crippen LogP contribution in [0.4, 0.5) is 11.9 Å². The molecule has 5 rings (SSSR count). The van der Waals surface area contributed by atoms with Crippen LogP contribution in [0.2, 0.25) is 0 Å². The van der Waals surface area contributed by atoms with Gasteiger partial charge in [0, 0.05) is 36.6 Å². The smallest absolute Gasteiger partial charge is 0.230 e. The van der Waals surface area contributed by atoms with Crippen molar-refractivity contribution in [1.29, 1.82) is 0 Å². The van der Waals surface area contributed by atoms with Gasteiger partial charge in [-0.2, -0.15) is 15.0 Å². The number of aromatic nitrogens is 5. The first-order valence-electron chi connectivity index (χ1n) is 9.65. The monoisotopic (exact) mass is 387 g/mol. The molecule has 0 bridgehead atoms. The van der Waals surface area contributed by atoms with Crippen LogP contribution in [0.5, 0.6) is 0 Å². The Morgan fingerprint density at radius 1 is 1.03 bits per heavy atom. The fourth-order valence-electron chi connectivity index (χ4n) is 3.34. The molecule has 8 heteroatoms. The van der Waals surface area contributed by atoms with E-state index in [2.05, 4.69) is 42.3 Å². The van der Waals surface area contributed by atoms with Crippen LogP contribution < -0.4 is 10.2 Å². The van der Waals surface area contributed by atoms with Gasteiger partial charge in [-0.1, -0.05) is 18.2 Å². The second kappa shape index (κ2) is 7.84. The van der Waals surface area contributed by atoms with E-state index in [0.717, 1.165) is 35.2 Å². The SMILES string of the molecule is c1ccc(CNc2nc(-c3ccc4cc[nH]c4c3)nc(N3CCOCC3)n2)nc1. The maximum Gasteiger partial charge on any atom is 0.230 e. The van der Waals surface area contributed by atoms with Crippen molar-refractivity contribution in [1.82, 2.24) is 24.9 Å². The van der Waals surface area contributed by atoms with Crippen molar-refractivity contribution in [3.05, 3.63) is 60.6 Å². The van der Waals surface area contributed by atoms with E-state index in [1.165, 1.54) is 0 Å². The number of nitrogens with zero attached hydrogens (tertiary/aromatic N) is 5. The highest BCUT2D eigenvalue weighted by molar-refractivity contribution is 5.83. The van der Waals surface area contributed by atoms with E-state index in [1.807, 2.05) is 36.5 Å². The van der Waals surface area contributed by atoms with Crippen LogP contribution in [0.3, 0.4) is 0 Å². The zero-order valence-electron chi connectivity index (χ0n) is 15.9. The topological polar surface area (TPSA) is 91.9 Å². The second-order valence-corrected chi connectivity index (χ2v) is 6.84. The zero-order valence-corrected chi connectivity index (χ0v) is 15.9. The van der Waals surface area contributed by atoms with Crippen molar-refractivity contribution in [2.24, 2.45) is 0 Å². The molecule has 1 aromatic carbocycles. The van der Waals surface area contributed by atoms with E-state index in [9.17, 15) is 0 Å². The number of anilines is 2. The van der Waals surface area contributed by atoms with Crippen LogP contribution in [-0.2, 0) is 11.3 Å². The van der Waals surface area contributed by atoms with Crippen molar-refractivity contribution in [2.75, 3.05) is 36.5 Å². The van der Waals surface area contributed by atoms with Crippen LogP contribution in [-0.4, -0.2) is 51.2 Å². The molecule has 8 nitrogen and oxygen atoms in total. The molecule has 0 radical (unpaired) electrons. The third kappa shape index (κ3) is 3.88. The lowest BCUT2D eigenvalue weighted by atomic mass is 10.1. The number of benzene rings is 1. The average Bonchev–Trinajstić information content (AvgIpc) is 3.27. The molecular formula is C21H21N7O. The van der Waals surface area contributed by atoms with Gasteiger partial charge in [-0.05, 0) is 29.7 Å². The van der Waals surface area contributed by atoms with Gasteiger partial charge in [0.1, 0.15) is 0 Å². The summed E-state index contributed by atoms with van der Waals surface area (Å²) < 4.78 is 5.47. The summed E-state index contributed by atoms with van der Waals surface area (Å²) in [5.41, 5.74) is 2.92. The summed E-state index contributed by atoms with van der Waals surface area (Å²) in [6.07, 6.45) is 3.71. The minimum Gasteiger partial charge on any atom is -0.378 e. The largest absolute Gasteiger partial charge is 0.378 e. The summed E-state index contributed by atoms with van der Waals surface area (Å²) in [5, 5.41) is 4.45. The Balaban J connectivity index is 1.50. The molecule has 0 aliphatic carbocycles. The Hall–Kier alpha value is -3.52. The van der Waals surface area contributed by atoms with Gasteiger partial charge in [0.15, 0.2) is 5.82 Å². The van der Waals surface area contributed by atoms with Gasteiger partial charge in [-0.3, -0.25) is 4.98 Å². The number of pyridine rings is 1. The first-order chi connectivity index (χ1) is 14.3. The number of hydrogen-bond acceptors (Lipinski definition) is 7. The molecule has 1 aliphatic heterocycles. The van der Waals surface area contributed by atoms with Crippen molar-refractivity contribution in [3.8, 4) is 11.4 Å². The molecule has 29 heavy (non-hydrogen) atoms. The second-order valence-electron chi connectivity index (χ2n) is 6.84. The van der Waals surface area contributed by atoms with E-state index >= 15 is 0 Å². The van der Waals surface area contributed by atoms with Crippen molar-refractivity contribution in [2.45, 2.75) is 6.54 Å². The van der Waals surface area contributed by atoms with Gasteiger partial charge in [0.25, 0.3) is 0 Å². The molecule has 0 amide bonds. The van der Waals surface area contributed by atoms with Crippen molar-refractivity contribution in [3.63, 3.8) is 0 Å². The molecule has 1 saturated heterocycles. The molecule has 0 unspecified atom stereocenters. The van der Waals surface area contributed by atoms with Gasteiger partial charge in [-0.25, -0.2) is 0 Å². The minimum absolute atomic E-state index is 0.536. The van der Waals surface area contributed by atoms with Crippen molar-refractivity contribution < 1.29 is 4.74 Å². The van der Waals surface area contributed by atoms with Crippen molar-refractivity contribution >= 4 is 22.8 Å². The maximum absolute atomic E-state index is 5.47. The lowest BCUT2D eigenvalue weighted by Crippen LogP contribution is -2.37. The number of aromatic amines is 1. The average molecular weight is 387 g/mol. The number of morpholine rings is 1. The molecule has 4 heterocycles. The molecular weight excluding hydrogens is 366 g/mol.